The van der Waals surface area contributed by atoms with E-state index in [0.717, 1.165) is 13.0 Å². The summed E-state index contributed by atoms with van der Waals surface area (Å²) in [6.07, 6.45) is 1.27. The first kappa shape index (κ1) is 11.9. The summed E-state index contributed by atoms with van der Waals surface area (Å²) in [4.78, 5) is 0. The highest BCUT2D eigenvalue weighted by Crippen LogP contribution is 2.14. The molecule has 0 amide bonds. The minimum Gasteiger partial charge on any atom is -0.396 e. The molecule has 74 valence electrons. The average molecular weight is 174 g/mol. The summed E-state index contributed by atoms with van der Waals surface area (Å²) in [6.45, 7) is 9.37. The number of hydrogen-bond acceptors (Lipinski definition) is 2. The smallest absolute Gasteiger partial charge is 0.0518 e. The van der Waals surface area contributed by atoms with Gasteiger partial charge in [0.15, 0.2) is 0 Å². The van der Waals surface area contributed by atoms with Crippen LogP contribution in [-0.2, 0) is 4.74 Å². The molecule has 0 radical (unpaired) electrons. The summed E-state index contributed by atoms with van der Waals surface area (Å²) in [6, 6.07) is 0. The molecule has 1 unspecified atom stereocenters. The number of ether oxygens (including phenoxy) is 1. The number of aliphatic hydroxyl groups excluding tert-OH is 1. The molecule has 12 heavy (non-hydrogen) atoms. The van der Waals surface area contributed by atoms with Crippen LogP contribution in [-0.4, -0.2) is 24.4 Å². The monoisotopic (exact) mass is 174 g/mol. The summed E-state index contributed by atoms with van der Waals surface area (Å²) in [5.74, 6) is 0.939. The maximum Gasteiger partial charge on any atom is 0.0518 e. The van der Waals surface area contributed by atoms with Gasteiger partial charge in [0.2, 0.25) is 0 Å². The fraction of sp³-hybridized carbons (Fsp3) is 1.00. The molecule has 0 aliphatic heterocycles. The zero-order valence-electron chi connectivity index (χ0n) is 8.71. The van der Waals surface area contributed by atoms with E-state index in [4.69, 9.17) is 9.84 Å². The lowest BCUT2D eigenvalue weighted by Gasteiger charge is -2.18. The Balaban J connectivity index is 3.45. The topological polar surface area (TPSA) is 29.5 Å². The lowest BCUT2D eigenvalue weighted by molar-refractivity contribution is 0.0541. The van der Waals surface area contributed by atoms with Gasteiger partial charge in [-0.2, -0.15) is 0 Å². The van der Waals surface area contributed by atoms with Crippen LogP contribution >= 0.6 is 0 Å². The van der Waals surface area contributed by atoms with Gasteiger partial charge in [0, 0.05) is 13.2 Å². The van der Waals surface area contributed by atoms with Gasteiger partial charge in [-0.1, -0.05) is 13.8 Å². The standard InChI is InChI=1S/C10H22O2/c1-8(2)10(7-11)5-6-12-9(3)4/h8-11H,5-7H2,1-4H3. The highest BCUT2D eigenvalue weighted by molar-refractivity contribution is 4.61. The molecule has 2 heteroatoms. The molecule has 0 fully saturated rings. The SMILES string of the molecule is CC(C)OCCC(CO)C(C)C. The van der Waals surface area contributed by atoms with Gasteiger partial charge in [-0.15, -0.1) is 0 Å². The highest BCUT2D eigenvalue weighted by Gasteiger charge is 2.11. The Labute approximate surface area is 75.9 Å². The third kappa shape index (κ3) is 5.56. The van der Waals surface area contributed by atoms with Crippen LogP contribution in [0, 0.1) is 11.8 Å². The molecule has 2 nitrogen and oxygen atoms in total. The third-order valence-electron chi connectivity index (χ3n) is 2.12. The van der Waals surface area contributed by atoms with Crippen molar-refractivity contribution in [3.63, 3.8) is 0 Å². The van der Waals surface area contributed by atoms with E-state index in [1.807, 2.05) is 13.8 Å². The molecule has 0 saturated carbocycles. The van der Waals surface area contributed by atoms with Crippen LogP contribution in [0.4, 0.5) is 0 Å². The number of aliphatic hydroxyl groups is 1. The van der Waals surface area contributed by atoms with Crippen molar-refractivity contribution in [2.45, 2.75) is 40.2 Å². The molecule has 0 heterocycles. The van der Waals surface area contributed by atoms with Gasteiger partial charge >= 0.3 is 0 Å². The van der Waals surface area contributed by atoms with Crippen LogP contribution in [0.5, 0.6) is 0 Å². The fourth-order valence-electron chi connectivity index (χ4n) is 1.09. The van der Waals surface area contributed by atoms with E-state index in [9.17, 15) is 0 Å². The van der Waals surface area contributed by atoms with Crippen molar-refractivity contribution in [3.8, 4) is 0 Å². The molecule has 1 N–H and O–H groups in total. The Morgan fingerprint density at radius 1 is 1.17 bits per heavy atom. The third-order valence-corrected chi connectivity index (χ3v) is 2.12. The first-order chi connectivity index (χ1) is 5.57. The molecule has 0 bridgehead atoms. The van der Waals surface area contributed by atoms with E-state index in [0.29, 0.717) is 17.9 Å². The maximum absolute atomic E-state index is 9.01. The van der Waals surface area contributed by atoms with E-state index in [-0.39, 0.29) is 6.61 Å². The van der Waals surface area contributed by atoms with E-state index in [1.165, 1.54) is 0 Å². The second kappa shape index (κ2) is 6.44. The van der Waals surface area contributed by atoms with E-state index in [1.54, 1.807) is 0 Å². The summed E-state index contributed by atoms with van der Waals surface area (Å²) >= 11 is 0. The number of rotatable bonds is 6. The van der Waals surface area contributed by atoms with Gasteiger partial charge in [0.05, 0.1) is 6.10 Å². The molecule has 0 aromatic carbocycles. The first-order valence-corrected chi connectivity index (χ1v) is 4.80. The van der Waals surface area contributed by atoms with Gasteiger partial charge < -0.3 is 9.84 Å². The van der Waals surface area contributed by atoms with Crippen LogP contribution in [0.2, 0.25) is 0 Å². The second-order valence-electron chi connectivity index (χ2n) is 3.89. The summed E-state index contributed by atoms with van der Waals surface area (Å²) < 4.78 is 5.41. The van der Waals surface area contributed by atoms with Crippen molar-refractivity contribution in [2.75, 3.05) is 13.2 Å². The van der Waals surface area contributed by atoms with Crippen molar-refractivity contribution >= 4 is 0 Å². The predicted octanol–water partition coefficient (Wildman–Crippen LogP) is 2.07. The fourth-order valence-corrected chi connectivity index (χ4v) is 1.09. The Kier molecular flexibility index (Phi) is 6.39. The minimum atomic E-state index is 0.277. The van der Waals surface area contributed by atoms with Gasteiger partial charge in [-0.25, -0.2) is 0 Å². The van der Waals surface area contributed by atoms with Crippen molar-refractivity contribution in [1.82, 2.24) is 0 Å². The van der Waals surface area contributed by atoms with Crippen molar-refractivity contribution in [1.29, 1.82) is 0 Å². The van der Waals surface area contributed by atoms with E-state index >= 15 is 0 Å². The van der Waals surface area contributed by atoms with Crippen molar-refractivity contribution in [2.24, 2.45) is 11.8 Å². The van der Waals surface area contributed by atoms with Crippen LogP contribution in [0.15, 0.2) is 0 Å². The second-order valence-corrected chi connectivity index (χ2v) is 3.89. The minimum absolute atomic E-state index is 0.277. The van der Waals surface area contributed by atoms with Gasteiger partial charge in [-0.3, -0.25) is 0 Å². The quantitative estimate of drug-likeness (QED) is 0.668. The van der Waals surface area contributed by atoms with Crippen LogP contribution in [0.1, 0.15) is 34.1 Å². The lowest BCUT2D eigenvalue weighted by Crippen LogP contribution is -2.17. The number of hydrogen-bond donors (Lipinski definition) is 1. The normalized spacial score (nSPS) is 14.2. The van der Waals surface area contributed by atoms with Crippen LogP contribution in [0.3, 0.4) is 0 Å². The van der Waals surface area contributed by atoms with Crippen LogP contribution in [0.25, 0.3) is 0 Å². The molecule has 0 spiro atoms. The molecule has 0 aromatic rings. The summed E-state index contributed by atoms with van der Waals surface area (Å²) in [7, 11) is 0. The van der Waals surface area contributed by atoms with Crippen molar-refractivity contribution < 1.29 is 9.84 Å². The Morgan fingerprint density at radius 3 is 2.08 bits per heavy atom. The molecule has 0 aliphatic carbocycles. The average Bonchev–Trinajstić information content (AvgIpc) is 1.96. The van der Waals surface area contributed by atoms with Crippen molar-refractivity contribution in [3.05, 3.63) is 0 Å². The van der Waals surface area contributed by atoms with Gasteiger partial charge in [-0.05, 0) is 32.1 Å². The van der Waals surface area contributed by atoms with E-state index < -0.39 is 0 Å². The van der Waals surface area contributed by atoms with Crippen LogP contribution < -0.4 is 0 Å². The molecular formula is C10H22O2. The zero-order chi connectivity index (χ0) is 9.56. The molecule has 1 atom stereocenters. The van der Waals surface area contributed by atoms with E-state index in [2.05, 4.69) is 13.8 Å². The summed E-state index contributed by atoms with van der Waals surface area (Å²) in [5, 5.41) is 9.01. The zero-order valence-corrected chi connectivity index (χ0v) is 8.71. The maximum atomic E-state index is 9.01. The molecule has 0 saturated heterocycles. The van der Waals surface area contributed by atoms with Gasteiger partial charge in [0.25, 0.3) is 0 Å². The Morgan fingerprint density at radius 2 is 1.75 bits per heavy atom. The Hall–Kier alpha value is -0.0800. The molecule has 0 rings (SSSR count). The molecule has 0 aliphatic rings. The highest BCUT2D eigenvalue weighted by atomic mass is 16.5. The Bertz CT molecular complexity index is 100. The summed E-state index contributed by atoms with van der Waals surface area (Å²) in [5.41, 5.74) is 0. The first-order valence-electron chi connectivity index (χ1n) is 4.80. The predicted molar refractivity (Wildman–Crippen MR) is 51.1 cm³/mol. The molecular weight excluding hydrogens is 152 g/mol. The largest absolute Gasteiger partial charge is 0.396 e. The molecule has 0 aromatic heterocycles. The lowest BCUT2D eigenvalue weighted by atomic mass is 9.94. The van der Waals surface area contributed by atoms with Gasteiger partial charge in [0.1, 0.15) is 0 Å².